The van der Waals surface area contributed by atoms with Crippen LogP contribution in [0.2, 0.25) is 5.02 Å². The Bertz CT molecular complexity index is 1060. The quantitative estimate of drug-likeness (QED) is 0.459. The molecule has 0 bridgehead atoms. The van der Waals surface area contributed by atoms with E-state index in [0.717, 1.165) is 0 Å². The molecule has 0 saturated carbocycles. The summed E-state index contributed by atoms with van der Waals surface area (Å²) in [5, 5.41) is 21.7. The molecule has 0 aliphatic heterocycles. The summed E-state index contributed by atoms with van der Waals surface area (Å²) < 4.78 is 5.62. The molecule has 0 unspecified atom stereocenters. The van der Waals surface area contributed by atoms with Crippen LogP contribution in [0.4, 0.5) is 11.4 Å². The standard InChI is InChI=1S/C17H11ClN4O5/c1-10-7-16(27-13-5-6-15(22(25)26)14(18)9-13)20-17(19-10)11-3-2-4-12(8-11)21(23)24/h2-9H,1H3. The molecule has 2 aromatic carbocycles. The molecule has 27 heavy (non-hydrogen) atoms. The maximum absolute atomic E-state index is 10.9. The van der Waals surface area contributed by atoms with Gasteiger partial charge in [0, 0.05) is 41.6 Å². The van der Waals surface area contributed by atoms with Crippen molar-refractivity contribution >= 4 is 23.0 Å². The van der Waals surface area contributed by atoms with E-state index >= 15 is 0 Å². The number of hydrogen-bond acceptors (Lipinski definition) is 7. The van der Waals surface area contributed by atoms with E-state index in [1.54, 1.807) is 19.1 Å². The molecule has 0 atom stereocenters. The molecular weight excluding hydrogens is 376 g/mol. The van der Waals surface area contributed by atoms with E-state index < -0.39 is 9.85 Å². The second-order valence-electron chi connectivity index (χ2n) is 5.45. The number of nitro groups is 2. The fourth-order valence-electron chi connectivity index (χ4n) is 2.30. The average Bonchev–Trinajstić information content (AvgIpc) is 2.61. The molecule has 0 aliphatic carbocycles. The molecule has 0 spiro atoms. The van der Waals surface area contributed by atoms with Crippen molar-refractivity contribution in [2.75, 3.05) is 0 Å². The van der Waals surface area contributed by atoms with Gasteiger partial charge in [0.2, 0.25) is 5.88 Å². The Labute approximate surface area is 157 Å². The third-order valence-corrected chi connectivity index (χ3v) is 3.79. The number of rotatable bonds is 5. The zero-order chi connectivity index (χ0) is 19.6. The highest BCUT2D eigenvalue weighted by Crippen LogP contribution is 2.31. The second-order valence-corrected chi connectivity index (χ2v) is 5.86. The molecule has 1 aromatic heterocycles. The minimum absolute atomic E-state index is 0.0674. The topological polar surface area (TPSA) is 121 Å². The maximum atomic E-state index is 10.9. The molecule has 0 saturated heterocycles. The van der Waals surface area contributed by atoms with Gasteiger partial charge in [-0.05, 0) is 13.0 Å². The van der Waals surface area contributed by atoms with Gasteiger partial charge in [0.1, 0.15) is 10.8 Å². The summed E-state index contributed by atoms with van der Waals surface area (Å²) in [5.41, 5.74) is 0.719. The van der Waals surface area contributed by atoms with Crippen LogP contribution < -0.4 is 4.74 Å². The fraction of sp³-hybridized carbons (Fsp3) is 0.0588. The zero-order valence-electron chi connectivity index (χ0n) is 13.8. The van der Waals surface area contributed by atoms with E-state index in [9.17, 15) is 20.2 Å². The second kappa shape index (κ2) is 7.34. The molecule has 1 heterocycles. The number of nitro benzene ring substituents is 2. The van der Waals surface area contributed by atoms with Crippen LogP contribution in [-0.4, -0.2) is 19.8 Å². The van der Waals surface area contributed by atoms with Crippen LogP contribution in [0.3, 0.4) is 0 Å². The Kier molecular flexibility index (Phi) is 4.95. The van der Waals surface area contributed by atoms with E-state index in [0.29, 0.717) is 11.3 Å². The molecule has 0 radical (unpaired) electrons. The first-order valence-electron chi connectivity index (χ1n) is 7.56. The summed E-state index contributed by atoms with van der Waals surface area (Å²) >= 11 is 5.88. The predicted octanol–water partition coefficient (Wildman–Crippen LogP) is 4.71. The molecular formula is C17H11ClN4O5. The van der Waals surface area contributed by atoms with Crippen LogP contribution in [0.1, 0.15) is 5.69 Å². The van der Waals surface area contributed by atoms with Gasteiger partial charge in [-0.1, -0.05) is 23.7 Å². The Balaban J connectivity index is 1.94. The average molecular weight is 387 g/mol. The number of ether oxygens (including phenoxy) is 1. The minimum Gasteiger partial charge on any atom is -0.439 e. The van der Waals surface area contributed by atoms with Gasteiger partial charge in [0.15, 0.2) is 5.82 Å². The number of nitrogens with zero attached hydrogens (tertiary/aromatic N) is 4. The largest absolute Gasteiger partial charge is 0.439 e. The lowest BCUT2D eigenvalue weighted by atomic mass is 10.2. The van der Waals surface area contributed by atoms with Crippen molar-refractivity contribution in [3.05, 3.63) is 79.5 Å². The lowest BCUT2D eigenvalue weighted by Crippen LogP contribution is -1.97. The highest BCUT2D eigenvalue weighted by molar-refractivity contribution is 6.32. The summed E-state index contributed by atoms with van der Waals surface area (Å²) in [5.74, 6) is 0.685. The normalized spacial score (nSPS) is 10.4. The molecule has 10 heteroatoms. The SMILES string of the molecule is Cc1cc(Oc2ccc([N+](=O)[O-])c(Cl)c2)nc(-c2cccc([N+](=O)[O-])c2)n1. The highest BCUT2D eigenvalue weighted by atomic mass is 35.5. The summed E-state index contributed by atoms with van der Waals surface area (Å²) in [7, 11) is 0. The summed E-state index contributed by atoms with van der Waals surface area (Å²) in [6.07, 6.45) is 0. The van der Waals surface area contributed by atoms with E-state index in [2.05, 4.69) is 9.97 Å². The molecule has 0 N–H and O–H groups in total. The van der Waals surface area contributed by atoms with Crippen LogP contribution in [0, 0.1) is 27.2 Å². The Hall–Kier alpha value is -3.59. The van der Waals surface area contributed by atoms with Gasteiger partial charge in [-0.15, -0.1) is 0 Å². The lowest BCUT2D eigenvalue weighted by Gasteiger charge is -2.08. The zero-order valence-corrected chi connectivity index (χ0v) is 14.6. The molecule has 9 nitrogen and oxygen atoms in total. The third kappa shape index (κ3) is 4.15. The first kappa shape index (κ1) is 18.2. The predicted molar refractivity (Wildman–Crippen MR) is 97.0 cm³/mol. The number of hydrogen-bond donors (Lipinski definition) is 0. The van der Waals surface area contributed by atoms with E-state index in [-0.39, 0.29) is 33.9 Å². The number of aryl methyl sites for hydroxylation is 1. The Morgan fingerprint density at radius 1 is 1.00 bits per heavy atom. The highest BCUT2D eigenvalue weighted by Gasteiger charge is 2.15. The van der Waals surface area contributed by atoms with E-state index in [1.165, 1.54) is 36.4 Å². The van der Waals surface area contributed by atoms with Gasteiger partial charge in [-0.2, -0.15) is 4.98 Å². The van der Waals surface area contributed by atoms with Crippen molar-refractivity contribution in [3.8, 4) is 23.0 Å². The molecule has 0 fully saturated rings. The van der Waals surface area contributed by atoms with Crippen molar-refractivity contribution in [1.29, 1.82) is 0 Å². The van der Waals surface area contributed by atoms with Gasteiger partial charge in [-0.3, -0.25) is 20.2 Å². The summed E-state index contributed by atoms with van der Waals surface area (Å²) in [6.45, 7) is 1.72. The van der Waals surface area contributed by atoms with E-state index in [4.69, 9.17) is 16.3 Å². The fourth-order valence-corrected chi connectivity index (χ4v) is 2.54. The number of aromatic nitrogens is 2. The first-order chi connectivity index (χ1) is 12.8. The van der Waals surface area contributed by atoms with Crippen molar-refractivity contribution in [1.82, 2.24) is 9.97 Å². The summed E-state index contributed by atoms with van der Waals surface area (Å²) in [6, 6.07) is 11.4. The van der Waals surface area contributed by atoms with Gasteiger partial charge in [0.05, 0.1) is 9.85 Å². The molecule has 136 valence electrons. The third-order valence-electron chi connectivity index (χ3n) is 3.48. The monoisotopic (exact) mass is 386 g/mol. The number of non-ortho nitro benzene ring substituents is 1. The van der Waals surface area contributed by atoms with Crippen molar-refractivity contribution in [2.24, 2.45) is 0 Å². The minimum atomic E-state index is -0.596. The van der Waals surface area contributed by atoms with Crippen LogP contribution in [0.25, 0.3) is 11.4 Å². The van der Waals surface area contributed by atoms with Crippen molar-refractivity contribution in [2.45, 2.75) is 6.92 Å². The van der Waals surface area contributed by atoms with Gasteiger partial charge >= 0.3 is 0 Å². The Morgan fingerprint density at radius 2 is 1.78 bits per heavy atom. The number of benzene rings is 2. The lowest BCUT2D eigenvalue weighted by molar-refractivity contribution is -0.384. The van der Waals surface area contributed by atoms with Crippen LogP contribution in [0.15, 0.2) is 48.5 Å². The van der Waals surface area contributed by atoms with Gasteiger partial charge in [0.25, 0.3) is 11.4 Å². The molecule has 0 amide bonds. The summed E-state index contributed by atoms with van der Waals surface area (Å²) in [4.78, 5) is 29.2. The molecule has 3 rings (SSSR count). The van der Waals surface area contributed by atoms with Gasteiger partial charge < -0.3 is 4.74 Å². The van der Waals surface area contributed by atoms with E-state index in [1.807, 2.05) is 0 Å². The Morgan fingerprint density at radius 3 is 2.44 bits per heavy atom. The number of halogens is 1. The van der Waals surface area contributed by atoms with Gasteiger partial charge in [-0.25, -0.2) is 4.98 Å². The molecule has 0 aliphatic rings. The first-order valence-corrected chi connectivity index (χ1v) is 7.93. The molecule has 3 aromatic rings. The van der Waals surface area contributed by atoms with Crippen molar-refractivity contribution in [3.63, 3.8) is 0 Å². The van der Waals surface area contributed by atoms with Crippen LogP contribution >= 0.6 is 11.6 Å². The smallest absolute Gasteiger partial charge is 0.288 e. The van der Waals surface area contributed by atoms with Crippen molar-refractivity contribution < 1.29 is 14.6 Å². The van der Waals surface area contributed by atoms with Crippen LogP contribution in [-0.2, 0) is 0 Å². The van der Waals surface area contributed by atoms with Crippen LogP contribution in [0.5, 0.6) is 11.6 Å². The maximum Gasteiger partial charge on any atom is 0.288 e.